The van der Waals surface area contributed by atoms with E-state index in [1.165, 1.54) is 0 Å². The first-order valence-electron chi connectivity index (χ1n) is 10.5. The van der Waals surface area contributed by atoms with E-state index >= 15 is 0 Å². The predicted molar refractivity (Wildman–Crippen MR) is 140 cm³/mol. The number of non-ortho nitro benzene ring substituents is 1. The third-order valence-electron chi connectivity index (χ3n) is 5.21. The lowest BCUT2D eigenvalue weighted by molar-refractivity contribution is -0.384. The number of amides is 1. The van der Waals surface area contributed by atoms with Crippen molar-refractivity contribution < 1.29 is 14.8 Å². The monoisotopic (exact) mass is 543 g/mol. The molecule has 1 aromatic heterocycles. The highest BCUT2D eigenvalue weighted by Gasteiger charge is 2.21. The number of phenols is 1. The van der Waals surface area contributed by atoms with Crippen molar-refractivity contribution in [2.75, 3.05) is 11.1 Å². The lowest BCUT2D eigenvalue weighted by Gasteiger charge is -2.14. The first kappa shape index (κ1) is 25.5. The zero-order valence-electron chi connectivity index (χ0n) is 19.0. The Morgan fingerprint density at radius 1 is 1.11 bits per heavy atom. The fourth-order valence-electron chi connectivity index (χ4n) is 3.56. The number of hydrogen-bond donors (Lipinski definition) is 2. The van der Waals surface area contributed by atoms with Gasteiger partial charge in [-0.2, -0.15) is 0 Å². The van der Waals surface area contributed by atoms with Crippen LogP contribution < -0.4 is 5.32 Å². The van der Waals surface area contributed by atoms with Gasteiger partial charge in [0.05, 0.1) is 37.7 Å². The van der Waals surface area contributed by atoms with E-state index in [1.54, 1.807) is 28.8 Å². The number of aryl methyl sites for hydroxylation is 2. The van der Waals surface area contributed by atoms with Crippen LogP contribution in [0.3, 0.4) is 0 Å². The number of nitrogens with one attached hydrogen (secondary N) is 1. The third-order valence-corrected chi connectivity index (χ3v) is 6.73. The van der Waals surface area contributed by atoms with Gasteiger partial charge in [-0.05, 0) is 37.6 Å². The SMILES string of the molecule is Cc1ccc(-n2c(SCC(=O)Nc3c(Cl)cc([N+](=O)[O-])cc3Cl)nnc2-c2ccccc2O)c(C)c1. The number of aromatic nitrogens is 3. The molecule has 0 aliphatic rings. The fraction of sp³-hybridized carbons (Fsp3) is 0.125. The van der Waals surface area contributed by atoms with Gasteiger partial charge < -0.3 is 10.4 Å². The van der Waals surface area contributed by atoms with Crippen molar-refractivity contribution in [2.24, 2.45) is 0 Å². The molecule has 184 valence electrons. The molecule has 0 radical (unpaired) electrons. The predicted octanol–water partition coefficient (Wildman–Crippen LogP) is 6.20. The molecule has 1 heterocycles. The molecule has 0 saturated heterocycles. The van der Waals surface area contributed by atoms with Crippen LogP contribution >= 0.6 is 35.0 Å². The minimum absolute atomic E-state index is 0.0483. The summed E-state index contributed by atoms with van der Waals surface area (Å²) in [7, 11) is 0. The summed E-state index contributed by atoms with van der Waals surface area (Å²) in [5.41, 5.74) is 3.14. The molecule has 0 fully saturated rings. The number of anilines is 1. The average Bonchev–Trinajstić information content (AvgIpc) is 3.23. The second-order valence-corrected chi connectivity index (χ2v) is 9.58. The molecule has 4 aromatic rings. The van der Waals surface area contributed by atoms with Crippen molar-refractivity contribution in [3.63, 3.8) is 0 Å². The van der Waals surface area contributed by atoms with Crippen molar-refractivity contribution in [1.29, 1.82) is 0 Å². The Morgan fingerprint density at radius 3 is 2.44 bits per heavy atom. The molecular formula is C24H19Cl2N5O4S. The number of nitrogens with zero attached hydrogens (tertiary/aromatic N) is 4. The molecular weight excluding hydrogens is 525 g/mol. The van der Waals surface area contributed by atoms with Crippen LogP contribution in [0.5, 0.6) is 5.75 Å². The van der Waals surface area contributed by atoms with Gasteiger partial charge in [0.25, 0.3) is 5.69 Å². The summed E-state index contributed by atoms with van der Waals surface area (Å²) in [5, 5.41) is 32.9. The highest BCUT2D eigenvalue weighted by molar-refractivity contribution is 7.99. The van der Waals surface area contributed by atoms with Gasteiger partial charge in [-0.25, -0.2) is 0 Å². The maximum atomic E-state index is 12.7. The van der Waals surface area contributed by atoms with Crippen LogP contribution in [0, 0.1) is 24.0 Å². The van der Waals surface area contributed by atoms with E-state index in [4.69, 9.17) is 23.2 Å². The second-order valence-electron chi connectivity index (χ2n) is 7.83. The summed E-state index contributed by atoms with van der Waals surface area (Å²) < 4.78 is 1.79. The number of hydrogen-bond acceptors (Lipinski definition) is 7. The number of carbonyl (C=O) groups is 1. The van der Waals surface area contributed by atoms with Gasteiger partial charge in [0, 0.05) is 12.1 Å². The van der Waals surface area contributed by atoms with Gasteiger partial charge in [-0.3, -0.25) is 19.5 Å². The van der Waals surface area contributed by atoms with Crippen LogP contribution in [0.25, 0.3) is 17.1 Å². The number of para-hydroxylation sites is 1. The van der Waals surface area contributed by atoms with E-state index in [2.05, 4.69) is 15.5 Å². The number of carbonyl (C=O) groups excluding carboxylic acids is 1. The molecule has 0 spiro atoms. The van der Waals surface area contributed by atoms with Gasteiger partial charge >= 0.3 is 0 Å². The summed E-state index contributed by atoms with van der Waals surface area (Å²) in [4.78, 5) is 23.1. The van der Waals surface area contributed by atoms with Gasteiger partial charge in [0.15, 0.2) is 11.0 Å². The summed E-state index contributed by atoms with van der Waals surface area (Å²) in [6.07, 6.45) is 0. The fourth-order valence-corrected chi connectivity index (χ4v) is 4.88. The van der Waals surface area contributed by atoms with Crippen LogP contribution in [0.2, 0.25) is 10.0 Å². The minimum Gasteiger partial charge on any atom is -0.507 e. The Hall–Kier alpha value is -3.60. The zero-order valence-corrected chi connectivity index (χ0v) is 21.4. The topological polar surface area (TPSA) is 123 Å². The van der Waals surface area contributed by atoms with Crippen molar-refractivity contribution >= 4 is 52.2 Å². The number of phenolic OH excluding ortho intramolecular Hbond substituents is 1. The van der Waals surface area contributed by atoms with Crippen LogP contribution in [0.15, 0.2) is 59.8 Å². The number of aromatic hydroxyl groups is 1. The normalized spacial score (nSPS) is 10.9. The molecule has 9 nitrogen and oxygen atoms in total. The molecule has 3 aromatic carbocycles. The van der Waals surface area contributed by atoms with Crippen LogP contribution in [-0.4, -0.2) is 36.5 Å². The lowest BCUT2D eigenvalue weighted by Crippen LogP contribution is -2.15. The summed E-state index contributed by atoms with van der Waals surface area (Å²) in [6.45, 7) is 3.94. The van der Waals surface area contributed by atoms with Crippen LogP contribution in [0.4, 0.5) is 11.4 Å². The number of thioether (sulfide) groups is 1. The minimum atomic E-state index is -0.624. The smallest absolute Gasteiger partial charge is 0.272 e. The van der Waals surface area contributed by atoms with Crippen molar-refractivity contribution in [2.45, 2.75) is 19.0 Å². The maximum Gasteiger partial charge on any atom is 0.272 e. The Kier molecular flexibility index (Phi) is 7.48. The Bertz CT molecular complexity index is 1470. The number of nitro benzene ring substituents is 1. The van der Waals surface area contributed by atoms with Crippen molar-refractivity contribution in [3.8, 4) is 22.8 Å². The lowest BCUT2D eigenvalue weighted by atomic mass is 10.1. The first-order chi connectivity index (χ1) is 17.2. The van der Waals surface area contributed by atoms with Gasteiger partial charge in [-0.15, -0.1) is 10.2 Å². The molecule has 1 amide bonds. The number of halogens is 2. The molecule has 0 bridgehead atoms. The van der Waals surface area contributed by atoms with Crippen LogP contribution in [0.1, 0.15) is 11.1 Å². The first-order valence-corrected chi connectivity index (χ1v) is 12.3. The summed E-state index contributed by atoms with van der Waals surface area (Å²) in [6, 6.07) is 14.9. The van der Waals surface area contributed by atoms with E-state index < -0.39 is 10.8 Å². The van der Waals surface area contributed by atoms with E-state index in [0.717, 1.165) is 40.7 Å². The van der Waals surface area contributed by atoms with E-state index in [9.17, 15) is 20.0 Å². The Morgan fingerprint density at radius 2 is 1.81 bits per heavy atom. The molecule has 36 heavy (non-hydrogen) atoms. The van der Waals surface area contributed by atoms with E-state index in [0.29, 0.717) is 16.5 Å². The number of rotatable bonds is 7. The van der Waals surface area contributed by atoms with E-state index in [-0.39, 0.29) is 32.9 Å². The molecule has 0 unspecified atom stereocenters. The maximum absolute atomic E-state index is 12.7. The molecule has 0 atom stereocenters. The Labute approximate surface area is 220 Å². The van der Waals surface area contributed by atoms with Gasteiger partial charge in [-0.1, -0.05) is 64.8 Å². The molecule has 12 heteroatoms. The zero-order chi connectivity index (χ0) is 26.0. The van der Waals surface area contributed by atoms with Gasteiger partial charge in [0.1, 0.15) is 5.75 Å². The van der Waals surface area contributed by atoms with Crippen molar-refractivity contribution in [1.82, 2.24) is 14.8 Å². The van der Waals surface area contributed by atoms with Gasteiger partial charge in [0.2, 0.25) is 5.91 Å². The highest BCUT2D eigenvalue weighted by Crippen LogP contribution is 2.36. The summed E-state index contributed by atoms with van der Waals surface area (Å²) >= 11 is 13.3. The molecule has 0 aliphatic carbocycles. The molecule has 0 saturated carbocycles. The largest absolute Gasteiger partial charge is 0.507 e. The number of nitro groups is 1. The standard InChI is InChI=1S/C24H19Cl2N5O4S/c1-13-7-8-19(14(2)9-13)30-23(16-5-3-4-6-20(16)32)28-29-24(30)36-12-21(33)27-22-17(25)10-15(31(34)35)11-18(22)26/h3-11,32H,12H2,1-2H3,(H,27,33). The quantitative estimate of drug-likeness (QED) is 0.161. The van der Waals surface area contributed by atoms with E-state index in [1.807, 2.05) is 32.0 Å². The third kappa shape index (κ3) is 5.30. The van der Waals surface area contributed by atoms with Crippen molar-refractivity contribution in [3.05, 3.63) is 85.9 Å². The molecule has 0 aliphatic heterocycles. The Balaban J connectivity index is 1.64. The summed E-state index contributed by atoms with van der Waals surface area (Å²) in [5.74, 6) is -0.0537. The highest BCUT2D eigenvalue weighted by atomic mass is 35.5. The van der Waals surface area contributed by atoms with Crippen LogP contribution in [-0.2, 0) is 4.79 Å². The molecule has 4 rings (SSSR count). The number of benzene rings is 3. The molecule has 2 N–H and O–H groups in total. The second kappa shape index (κ2) is 10.6. The average molecular weight is 544 g/mol.